The van der Waals surface area contributed by atoms with Gasteiger partial charge in [0.1, 0.15) is 5.75 Å². The molecule has 0 bridgehead atoms. The summed E-state index contributed by atoms with van der Waals surface area (Å²) < 4.78 is 5.06. The minimum absolute atomic E-state index is 0.0891. The van der Waals surface area contributed by atoms with Crippen molar-refractivity contribution in [2.75, 3.05) is 7.11 Å². The second-order valence-corrected chi connectivity index (χ2v) is 3.19. The Labute approximate surface area is 92.9 Å². The van der Waals surface area contributed by atoms with E-state index in [1.807, 2.05) is 0 Å². The van der Waals surface area contributed by atoms with Crippen molar-refractivity contribution in [3.8, 4) is 5.75 Å². The van der Waals surface area contributed by atoms with Gasteiger partial charge in [-0.05, 0) is 18.2 Å². The molecule has 1 aromatic heterocycles. The van der Waals surface area contributed by atoms with E-state index in [2.05, 4.69) is 10.2 Å². The topological polar surface area (TPSA) is 52.1 Å². The summed E-state index contributed by atoms with van der Waals surface area (Å²) in [5.74, 6) is 0.571. The van der Waals surface area contributed by atoms with Crippen molar-refractivity contribution in [1.29, 1.82) is 0 Å². The number of carbonyl (C=O) groups excluding carboxylic acids is 1. The van der Waals surface area contributed by atoms with Gasteiger partial charge in [-0.25, -0.2) is 0 Å². The van der Waals surface area contributed by atoms with E-state index in [1.54, 1.807) is 37.4 Å². The van der Waals surface area contributed by atoms with E-state index in [9.17, 15) is 4.79 Å². The van der Waals surface area contributed by atoms with Crippen LogP contribution in [-0.2, 0) is 0 Å². The molecule has 0 atom stereocenters. The highest BCUT2D eigenvalue weighted by molar-refractivity contribution is 6.08. The Morgan fingerprint density at radius 2 is 2.06 bits per heavy atom. The average Bonchev–Trinajstić information content (AvgIpc) is 2.39. The van der Waals surface area contributed by atoms with Crippen LogP contribution in [0.2, 0.25) is 0 Å². The van der Waals surface area contributed by atoms with Crippen molar-refractivity contribution >= 4 is 5.78 Å². The van der Waals surface area contributed by atoms with Gasteiger partial charge in [-0.3, -0.25) is 4.79 Å². The van der Waals surface area contributed by atoms with Gasteiger partial charge in [0.05, 0.1) is 19.5 Å². The van der Waals surface area contributed by atoms with Crippen LogP contribution < -0.4 is 4.74 Å². The summed E-state index contributed by atoms with van der Waals surface area (Å²) in [5, 5.41) is 7.30. The third-order valence-corrected chi connectivity index (χ3v) is 2.18. The summed E-state index contributed by atoms with van der Waals surface area (Å²) >= 11 is 0. The van der Waals surface area contributed by atoms with Crippen LogP contribution in [0.15, 0.2) is 42.7 Å². The van der Waals surface area contributed by atoms with Gasteiger partial charge in [-0.2, -0.15) is 10.2 Å². The van der Waals surface area contributed by atoms with Crippen molar-refractivity contribution in [2.45, 2.75) is 0 Å². The smallest absolute Gasteiger partial charge is 0.194 e. The van der Waals surface area contributed by atoms with Crippen LogP contribution in [0.5, 0.6) is 5.75 Å². The summed E-state index contributed by atoms with van der Waals surface area (Å²) in [4.78, 5) is 12.0. The van der Waals surface area contributed by atoms with E-state index in [1.165, 1.54) is 12.4 Å². The summed E-state index contributed by atoms with van der Waals surface area (Å²) in [7, 11) is 1.57. The molecule has 0 amide bonds. The molecule has 0 spiro atoms. The van der Waals surface area contributed by atoms with Gasteiger partial charge in [0.15, 0.2) is 5.78 Å². The first kappa shape index (κ1) is 10.3. The highest BCUT2D eigenvalue weighted by atomic mass is 16.5. The lowest BCUT2D eigenvalue weighted by atomic mass is 10.1. The largest absolute Gasteiger partial charge is 0.497 e. The Kier molecular flexibility index (Phi) is 2.91. The molecule has 4 heteroatoms. The van der Waals surface area contributed by atoms with E-state index in [0.29, 0.717) is 16.9 Å². The average molecular weight is 214 g/mol. The molecule has 0 saturated heterocycles. The molecule has 1 heterocycles. The lowest BCUT2D eigenvalue weighted by Crippen LogP contribution is -2.02. The zero-order valence-corrected chi connectivity index (χ0v) is 8.75. The maximum Gasteiger partial charge on any atom is 0.194 e. The van der Waals surface area contributed by atoms with Crippen LogP contribution in [0.1, 0.15) is 15.9 Å². The second-order valence-electron chi connectivity index (χ2n) is 3.19. The van der Waals surface area contributed by atoms with Gasteiger partial charge < -0.3 is 4.74 Å². The van der Waals surface area contributed by atoms with E-state index >= 15 is 0 Å². The van der Waals surface area contributed by atoms with E-state index in [4.69, 9.17) is 4.74 Å². The van der Waals surface area contributed by atoms with Gasteiger partial charge in [-0.15, -0.1) is 0 Å². The van der Waals surface area contributed by atoms with Crippen LogP contribution >= 0.6 is 0 Å². The third-order valence-electron chi connectivity index (χ3n) is 2.18. The van der Waals surface area contributed by atoms with E-state index in [-0.39, 0.29) is 5.78 Å². The first-order chi connectivity index (χ1) is 7.81. The minimum Gasteiger partial charge on any atom is -0.497 e. The van der Waals surface area contributed by atoms with Crippen LogP contribution in [0.4, 0.5) is 0 Å². The van der Waals surface area contributed by atoms with Gasteiger partial charge >= 0.3 is 0 Å². The minimum atomic E-state index is -0.0891. The van der Waals surface area contributed by atoms with Crippen LogP contribution in [0.25, 0.3) is 0 Å². The summed E-state index contributed by atoms with van der Waals surface area (Å²) in [6.45, 7) is 0. The number of ether oxygens (including phenoxy) is 1. The van der Waals surface area contributed by atoms with E-state index < -0.39 is 0 Å². The molecule has 0 aliphatic carbocycles. The Morgan fingerprint density at radius 1 is 1.19 bits per heavy atom. The number of hydrogen-bond donors (Lipinski definition) is 0. The van der Waals surface area contributed by atoms with Crippen LogP contribution in [-0.4, -0.2) is 23.1 Å². The number of rotatable bonds is 3. The highest BCUT2D eigenvalue weighted by Gasteiger charge is 2.09. The van der Waals surface area contributed by atoms with Crippen molar-refractivity contribution in [1.82, 2.24) is 10.2 Å². The molecule has 2 aromatic rings. The number of carbonyl (C=O) groups is 1. The fourth-order valence-corrected chi connectivity index (χ4v) is 1.36. The number of aromatic nitrogens is 2. The quantitative estimate of drug-likeness (QED) is 0.730. The molecular weight excluding hydrogens is 204 g/mol. The molecule has 0 fully saturated rings. The van der Waals surface area contributed by atoms with Crippen molar-refractivity contribution in [2.24, 2.45) is 0 Å². The van der Waals surface area contributed by atoms with Crippen LogP contribution in [0, 0.1) is 0 Å². The highest BCUT2D eigenvalue weighted by Crippen LogP contribution is 2.15. The number of nitrogens with zero attached hydrogens (tertiary/aromatic N) is 2. The Hall–Kier alpha value is -2.23. The lowest BCUT2D eigenvalue weighted by molar-refractivity contribution is 0.103. The molecule has 0 aliphatic rings. The zero-order valence-electron chi connectivity index (χ0n) is 8.75. The first-order valence-electron chi connectivity index (χ1n) is 4.76. The van der Waals surface area contributed by atoms with Crippen LogP contribution in [0.3, 0.4) is 0 Å². The Morgan fingerprint density at radius 3 is 2.75 bits per heavy atom. The molecule has 1 aromatic carbocycles. The standard InChI is InChI=1S/C12H10N2O2/c1-16-11-4-2-3-9(7-11)12(15)10-5-6-13-14-8-10/h2-8H,1H3. The third kappa shape index (κ3) is 2.06. The molecule has 80 valence electrons. The summed E-state index contributed by atoms with van der Waals surface area (Å²) in [6.07, 6.45) is 2.94. The molecule has 0 saturated carbocycles. The summed E-state index contributed by atoms with van der Waals surface area (Å²) in [6, 6.07) is 8.64. The number of methoxy groups -OCH3 is 1. The van der Waals surface area contributed by atoms with Crippen molar-refractivity contribution < 1.29 is 9.53 Å². The first-order valence-corrected chi connectivity index (χ1v) is 4.76. The van der Waals surface area contributed by atoms with Gasteiger partial charge in [0, 0.05) is 11.1 Å². The molecule has 16 heavy (non-hydrogen) atoms. The normalized spacial score (nSPS) is 9.81. The molecule has 0 unspecified atom stereocenters. The molecule has 4 nitrogen and oxygen atoms in total. The Bertz CT molecular complexity index is 497. The van der Waals surface area contributed by atoms with Gasteiger partial charge in [0.2, 0.25) is 0 Å². The van der Waals surface area contributed by atoms with Gasteiger partial charge in [-0.1, -0.05) is 12.1 Å². The number of hydrogen-bond acceptors (Lipinski definition) is 4. The predicted octanol–water partition coefficient (Wildman–Crippen LogP) is 1.72. The molecule has 0 aliphatic heterocycles. The van der Waals surface area contributed by atoms with E-state index in [0.717, 1.165) is 0 Å². The van der Waals surface area contributed by atoms with Crippen molar-refractivity contribution in [3.05, 3.63) is 53.9 Å². The lowest BCUT2D eigenvalue weighted by Gasteiger charge is -2.03. The summed E-state index contributed by atoms with van der Waals surface area (Å²) in [5.41, 5.74) is 1.09. The van der Waals surface area contributed by atoms with Crippen molar-refractivity contribution in [3.63, 3.8) is 0 Å². The second kappa shape index (κ2) is 4.53. The zero-order chi connectivity index (χ0) is 11.4. The molecule has 0 N–H and O–H groups in total. The maximum absolute atomic E-state index is 12.0. The fourth-order valence-electron chi connectivity index (χ4n) is 1.36. The molecule has 0 radical (unpaired) electrons. The Balaban J connectivity index is 2.34. The number of benzene rings is 1. The fraction of sp³-hybridized carbons (Fsp3) is 0.0833. The predicted molar refractivity (Wildman–Crippen MR) is 58.5 cm³/mol. The molecular formula is C12H10N2O2. The molecule has 2 rings (SSSR count). The maximum atomic E-state index is 12.0. The SMILES string of the molecule is COc1cccc(C(=O)c2ccnnc2)c1. The number of ketones is 1. The van der Waals surface area contributed by atoms with Gasteiger partial charge in [0.25, 0.3) is 0 Å². The monoisotopic (exact) mass is 214 g/mol.